The Kier molecular flexibility index (Phi) is 3.62. The van der Waals surface area contributed by atoms with Crippen molar-refractivity contribution < 1.29 is 9.13 Å². The summed E-state index contributed by atoms with van der Waals surface area (Å²) in [6, 6.07) is 3.38. The van der Waals surface area contributed by atoms with Gasteiger partial charge in [-0.2, -0.15) is 5.10 Å². The SMILES string of the molecule is COCCn1cc(-c2ccc(N)c(C)c2F)cn1. The smallest absolute Gasteiger partial charge is 0.136 e. The molecule has 0 saturated heterocycles. The van der Waals surface area contributed by atoms with E-state index in [-0.39, 0.29) is 5.82 Å². The number of hydrogen-bond donors (Lipinski definition) is 1. The van der Waals surface area contributed by atoms with Crippen LogP contribution >= 0.6 is 0 Å². The van der Waals surface area contributed by atoms with Crippen molar-refractivity contribution in [2.75, 3.05) is 19.5 Å². The lowest BCUT2D eigenvalue weighted by molar-refractivity contribution is 0.183. The molecule has 0 fully saturated rings. The second kappa shape index (κ2) is 5.18. The van der Waals surface area contributed by atoms with Gasteiger partial charge in [-0.3, -0.25) is 4.68 Å². The molecule has 0 aliphatic heterocycles. The van der Waals surface area contributed by atoms with E-state index in [2.05, 4.69) is 5.10 Å². The van der Waals surface area contributed by atoms with Gasteiger partial charge >= 0.3 is 0 Å². The molecule has 0 atom stereocenters. The zero-order valence-electron chi connectivity index (χ0n) is 10.5. The first kappa shape index (κ1) is 12.6. The zero-order valence-corrected chi connectivity index (χ0v) is 10.5. The first-order valence-corrected chi connectivity index (χ1v) is 5.70. The van der Waals surface area contributed by atoms with Gasteiger partial charge in [-0.25, -0.2) is 4.39 Å². The molecule has 0 aliphatic rings. The minimum atomic E-state index is -0.290. The summed E-state index contributed by atoms with van der Waals surface area (Å²) in [6.07, 6.45) is 3.44. The molecule has 4 nitrogen and oxygen atoms in total. The molecule has 0 aliphatic carbocycles. The van der Waals surface area contributed by atoms with Crippen LogP contribution in [0.5, 0.6) is 0 Å². The Labute approximate surface area is 105 Å². The molecule has 18 heavy (non-hydrogen) atoms. The maximum Gasteiger partial charge on any atom is 0.136 e. The highest BCUT2D eigenvalue weighted by molar-refractivity contribution is 5.67. The number of benzene rings is 1. The Morgan fingerprint density at radius 2 is 2.22 bits per heavy atom. The highest BCUT2D eigenvalue weighted by Crippen LogP contribution is 2.27. The van der Waals surface area contributed by atoms with E-state index in [1.165, 1.54) is 0 Å². The van der Waals surface area contributed by atoms with E-state index in [9.17, 15) is 4.39 Å². The molecule has 0 amide bonds. The number of hydrogen-bond acceptors (Lipinski definition) is 3. The predicted octanol–water partition coefficient (Wildman–Crippen LogP) is 2.23. The van der Waals surface area contributed by atoms with Crippen molar-refractivity contribution >= 4 is 5.69 Å². The maximum atomic E-state index is 14.1. The largest absolute Gasteiger partial charge is 0.398 e. The van der Waals surface area contributed by atoms with Gasteiger partial charge in [0.15, 0.2) is 0 Å². The van der Waals surface area contributed by atoms with E-state index >= 15 is 0 Å². The summed E-state index contributed by atoms with van der Waals surface area (Å²) in [7, 11) is 1.63. The molecule has 96 valence electrons. The average Bonchev–Trinajstić information content (AvgIpc) is 2.82. The van der Waals surface area contributed by atoms with Crippen LogP contribution in [-0.2, 0) is 11.3 Å². The number of aromatic nitrogens is 2. The quantitative estimate of drug-likeness (QED) is 0.845. The predicted molar refractivity (Wildman–Crippen MR) is 68.6 cm³/mol. The van der Waals surface area contributed by atoms with Crippen molar-refractivity contribution in [3.63, 3.8) is 0 Å². The van der Waals surface area contributed by atoms with E-state index in [0.29, 0.717) is 30.0 Å². The topological polar surface area (TPSA) is 53.1 Å². The van der Waals surface area contributed by atoms with Crippen molar-refractivity contribution in [1.29, 1.82) is 0 Å². The fraction of sp³-hybridized carbons (Fsp3) is 0.308. The molecular formula is C13H16FN3O. The molecule has 5 heteroatoms. The van der Waals surface area contributed by atoms with E-state index in [4.69, 9.17) is 10.5 Å². The fourth-order valence-electron chi connectivity index (χ4n) is 1.73. The lowest BCUT2D eigenvalue weighted by Crippen LogP contribution is -2.03. The molecule has 0 spiro atoms. The Hall–Kier alpha value is -1.88. The number of nitrogen functional groups attached to an aromatic ring is 1. The van der Waals surface area contributed by atoms with Gasteiger partial charge < -0.3 is 10.5 Å². The van der Waals surface area contributed by atoms with Gasteiger partial charge in [-0.15, -0.1) is 0 Å². The van der Waals surface area contributed by atoms with E-state index in [1.807, 2.05) is 0 Å². The normalized spacial score (nSPS) is 10.8. The molecule has 0 unspecified atom stereocenters. The number of anilines is 1. The van der Waals surface area contributed by atoms with Crippen LogP contribution in [0.25, 0.3) is 11.1 Å². The maximum absolute atomic E-state index is 14.1. The summed E-state index contributed by atoms with van der Waals surface area (Å²) >= 11 is 0. The highest BCUT2D eigenvalue weighted by atomic mass is 19.1. The summed E-state index contributed by atoms with van der Waals surface area (Å²) in [6.45, 7) is 2.89. The van der Waals surface area contributed by atoms with Gasteiger partial charge in [-0.1, -0.05) is 0 Å². The van der Waals surface area contributed by atoms with Gasteiger partial charge in [0.25, 0.3) is 0 Å². The Balaban J connectivity index is 2.31. The molecule has 0 saturated carbocycles. The van der Waals surface area contributed by atoms with Gasteiger partial charge in [0.05, 0.1) is 19.3 Å². The highest BCUT2D eigenvalue weighted by Gasteiger charge is 2.11. The van der Waals surface area contributed by atoms with Crippen molar-refractivity contribution in [2.24, 2.45) is 0 Å². The standard InChI is InChI=1S/C13H16FN3O/c1-9-12(15)4-3-11(13(9)14)10-7-16-17(8-10)5-6-18-2/h3-4,7-8H,5-6,15H2,1-2H3. The minimum Gasteiger partial charge on any atom is -0.398 e. The van der Waals surface area contributed by atoms with Crippen LogP contribution in [0.15, 0.2) is 24.5 Å². The van der Waals surface area contributed by atoms with Crippen LogP contribution in [-0.4, -0.2) is 23.5 Å². The number of halogens is 1. The van der Waals surface area contributed by atoms with Crippen molar-refractivity contribution in [1.82, 2.24) is 9.78 Å². The molecule has 1 aromatic carbocycles. The van der Waals surface area contributed by atoms with E-state index < -0.39 is 0 Å². The molecule has 2 N–H and O–H groups in total. The summed E-state index contributed by atoms with van der Waals surface area (Å²) < 4.78 is 20.8. The van der Waals surface area contributed by atoms with Crippen molar-refractivity contribution in [2.45, 2.75) is 13.5 Å². The average molecular weight is 249 g/mol. The number of rotatable bonds is 4. The van der Waals surface area contributed by atoms with Gasteiger partial charge in [0.1, 0.15) is 5.82 Å². The molecule has 0 bridgehead atoms. The third-order valence-corrected chi connectivity index (χ3v) is 2.90. The van der Waals surface area contributed by atoms with Gasteiger partial charge in [0.2, 0.25) is 0 Å². The van der Waals surface area contributed by atoms with Crippen LogP contribution in [0.3, 0.4) is 0 Å². The molecule has 1 aromatic heterocycles. The number of nitrogens with zero attached hydrogens (tertiary/aromatic N) is 2. The minimum absolute atomic E-state index is 0.290. The van der Waals surface area contributed by atoms with Crippen molar-refractivity contribution in [3.05, 3.63) is 35.9 Å². The summed E-state index contributed by atoms with van der Waals surface area (Å²) in [5, 5.41) is 4.16. The van der Waals surface area contributed by atoms with Gasteiger partial charge in [-0.05, 0) is 19.1 Å². The van der Waals surface area contributed by atoms with Crippen LogP contribution in [0, 0.1) is 12.7 Å². The first-order valence-electron chi connectivity index (χ1n) is 5.70. The van der Waals surface area contributed by atoms with Crippen LogP contribution in [0.2, 0.25) is 0 Å². The van der Waals surface area contributed by atoms with E-state index in [0.717, 1.165) is 5.56 Å². The lowest BCUT2D eigenvalue weighted by atomic mass is 10.0. The lowest BCUT2D eigenvalue weighted by Gasteiger charge is -2.06. The second-order valence-electron chi connectivity index (χ2n) is 4.13. The first-order chi connectivity index (χ1) is 8.63. The fourth-order valence-corrected chi connectivity index (χ4v) is 1.73. The number of ether oxygens (including phenoxy) is 1. The zero-order chi connectivity index (χ0) is 13.1. The third kappa shape index (κ3) is 2.36. The summed E-state index contributed by atoms with van der Waals surface area (Å²) in [5.41, 5.74) is 7.85. The Bertz CT molecular complexity index is 551. The third-order valence-electron chi connectivity index (χ3n) is 2.90. The van der Waals surface area contributed by atoms with Crippen LogP contribution < -0.4 is 5.73 Å². The van der Waals surface area contributed by atoms with Crippen molar-refractivity contribution in [3.8, 4) is 11.1 Å². The number of nitrogens with two attached hydrogens (primary N) is 1. The molecule has 2 aromatic rings. The summed E-state index contributed by atoms with van der Waals surface area (Å²) in [5.74, 6) is -0.290. The van der Waals surface area contributed by atoms with E-state index in [1.54, 1.807) is 43.2 Å². The monoisotopic (exact) mass is 249 g/mol. The molecule has 1 heterocycles. The molecular weight excluding hydrogens is 233 g/mol. The molecule has 0 radical (unpaired) electrons. The van der Waals surface area contributed by atoms with Gasteiger partial charge in [0, 0.05) is 35.7 Å². The van der Waals surface area contributed by atoms with Crippen LogP contribution in [0.4, 0.5) is 10.1 Å². The summed E-state index contributed by atoms with van der Waals surface area (Å²) in [4.78, 5) is 0. The Morgan fingerprint density at radius 1 is 1.44 bits per heavy atom. The number of methoxy groups -OCH3 is 1. The van der Waals surface area contributed by atoms with Crippen LogP contribution in [0.1, 0.15) is 5.56 Å². The molecule has 2 rings (SSSR count). The second-order valence-corrected chi connectivity index (χ2v) is 4.13. The Morgan fingerprint density at radius 3 is 2.94 bits per heavy atom.